The standard InChI is InChI=1S/C21H21F3N4O4/c1-4-31-19(29)11-28-10-13-8-16(17(32-12(2)3)9-15(13)27-28)26-20(30)14-6-5-7-18(25-14)21(22,23)24/h5-10,12H,4,11H2,1-3H3,(H,26,30). The predicted molar refractivity (Wildman–Crippen MR) is 109 cm³/mol. The highest BCUT2D eigenvalue weighted by Gasteiger charge is 2.33. The first-order valence-electron chi connectivity index (χ1n) is 9.76. The first kappa shape index (κ1) is 23.0. The maximum Gasteiger partial charge on any atom is 0.433 e. The molecule has 2 aromatic heterocycles. The third kappa shape index (κ3) is 5.54. The minimum Gasteiger partial charge on any atom is -0.489 e. The zero-order valence-electron chi connectivity index (χ0n) is 17.6. The highest BCUT2D eigenvalue weighted by atomic mass is 19.4. The average molecular weight is 450 g/mol. The van der Waals surface area contributed by atoms with Gasteiger partial charge in [0.2, 0.25) is 0 Å². The van der Waals surface area contributed by atoms with Gasteiger partial charge in [0.05, 0.1) is 23.9 Å². The number of halogens is 3. The van der Waals surface area contributed by atoms with Crippen LogP contribution in [-0.2, 0) is 22.3 Å². The Kier molecular flexibility index (Phi) is 6.66. The van der Waals surface area contributed by atoms with Gasteiger partial charge < -0.3 is 14.8 Å². The van der Waals surface area contributed by atoms with Gasteiger partial charge in [-0.05, 0) is 39.0 Å². The van der Waals surface area contributed by atoms with Crippen LogP contribution in [0, 0.1) is 0 Å². The molecule has 11 heteroatoms. The predicted octanol–water partition coefficient (Wildman–Crippen LogP) is 4.05. The second-order valence-electron chi connectivity index (χ2n) is 7.07. The minimum absolute atomic E-state index is 0.0985. The van der Waals surface area contributed by atoms with Crippen LogP contribution in [0.4, 0.5) is 18.9 Å². The van der Waals surface area contributed by atoms with Gasteiger partial charge in [-0.25, -0.2) is 4.98 Å². The van der Waals surface area contributed by atoms with Crippen molar-refractivity contribution in [2.75, 3.05) is 11.9 Å². The van der Waals surface area contributed by atoms with Gasteiger partial charge in [-0.3, -0.25) is 14.3 Å². The molecule has 1 amide bonds. The SMILES string of the molecule is CCOC(=O)Cn1cc2cc(NC(=O)c3cccc(C(F)(F)F)n3)c(OC(C)C)cc2n1. The lowest BCUT2D eigenvalue weighted by Crippen LogP contribution is -2.18. The molecule has 0 bridgehead atoms. The molecule has 3 aromatic rings. The molecule has 0 aliphatic carbocycles. The first-order valence-corrected chi connectivity index (χ1v) is 9.76. The van der Waals surface area contributed by atoms with Crippen molar-refractivity contribution < 1.29 is 32.2 Å². The Morgan fingerprint density at radius 1 is 1.22 bits per heavy atom. The van der Waals surface area contributed by atoms with E-state index in [2.05, 4.69) is 15.4 Å². The lowest BCUT2D eigenvalue weighted by atomic mass is 10.2. The molecule has 0 saturated heterocycles. The number of aromatic nitrogens is 3. The maximum atomic E-state index is 12.9. The summed E-state index contributed by atoms with van der Waals surface area (Å²) in [6, 6.07) is 6.22. The number of carbonyl (C=O) groups is 2. The molecular formula is C21H21F3N4O4. The number of amides is 1. The molecule has 3 rings (SSSR count). The van der Waals surface area contributed by atoms with Crippen LogP contribution in [0.5, 0.6) is 5.75 Å². The highest BCUT2D eigenvalue weighted by Crippen LogP contribution is 2.32. The Morgan fingerprint density at radius 3 is 2.62 bits per heavy atom. The molecule has 0 radical (unpaired) electrons. The number of ether oxygens (including phenoxy) is 2. The molecule has 0 spiro atoms. The Morgan fingerprint density at radius 2 is 1.97 bits per heavy atom. The van der Waals surface area contributed by atoms with E-state index < -0.39 is 29.4 Å². The number of carbonyl (C=O) groups excluding carboxylic acids is 2. The van der Waals surface area contributed by atoms with E-state index in [9.17, 15) is 22.8 Å². The van der Waals surface area contributed by atoms with E-state index in [0.29, 0.717) is 10.9 Å². The monoisotopic (exact) mass is 450 g/mol. The molecule has 1 aromatic carbocycles. The number of alkyl halides is 3. The Hall–Kier alpha value is -3.63. The van der Waals surface area contributed by atoms with Crippen molar-refractivity contribution in [2.24, 2.45) is 0 Å². The second kappa shape index (κ2) is 9.25. The zero-order valence-corrected chi connectivity index (χ0v) is 17.6. The number of nitrogens with zero attached hydrogens (tertiary/aromatic N) is 3. The Labute approximate surface area is 181 Å². The van der Waals surface area contributed by atoms with E-state index >= 15 is 0 Å². The summed E-state index contributed by atoms with van der Waals surface area (Å²) in [5.74, 6) is -1.01. The maximum absolute atomic E-state index is 12.9. The number of hydrogen-bond acceptors (Lipinski definition) is 6. The summed E-state index contributed by atoms with van der Waals surface area (Å²) in [6.45, 7) is 5.40. The molecule has 8 nitrogen and oxygen atoms in total. The number of hydrogen-bond donors (Lipinski definition) is 1. The molecular weight excluding hydrogens is 429 g/mol. The van der Waals surface area contributed by atoms with Gasteiger partial charge in [0.25, 0.3) is 5.91 Å². The molecule has 170 valence electrons. The van der Waals surface area contributed by atoms with E-state index in [1.165, 1.54) is 10.7 Å². The van der Waals surface area contributed by atoms with E-state index in [4.69, 9.17) is 9.47 Å². The number of pyridine rings is 1. The van der Waals surface area contributed by atoms with Crippen molar-refractivity contribution in [3.05, 3.63) is 47.9 Å². The molecule has 32 heavy (non-hydrogen) atoms. The van der Waals surface area contributed by atoms with Crippen molar-refractivity contribution >= 4 is 28.5 Å². The van der Waals surface area contributed by atoms with Gasteiger partial charge in [0, 0.05) is 17.6 Å². The van der Waals surface area contributed by atoms with Gasteiger partial charge in [-0.1, -0.05) is 6.07 Å². The summed E-state index contributed by atoms with van der Waals surface area (Å²) >= 11 is 0. The number of anilines is 1. The molecule has 2 heterocycles. The number of fused-ring (bicyclic) bond motifs is 1. The van der Waals surface area contributed by atoms with Crippen LogP contribution in [-0.4, -0.2) is 39.4 Å². The minimum atomic E-state index is -4.67. The van der Waals surface area contributed by atoms with Gasteiger partial charge in [-0.2, -0.15) is 18.3 Å². The van der Waals surface area contributed by atoms with Gasteiger partial charge in [-0.15, -0.1) is 0 Å². The quantitative estimate of drug-likeness (QED) is 0.546. The van der Waals surface area contributed by atoms with Gasteiger partial charge in [0.15, 0.2) is 0 Å². The van der Waals surface area contributed by atoms with Crippen LogP contribution >= 0.6 is 0 Å². The lowest BCUT2D eigenvalue weighted by molar-refractivity contribution is -0.144. The highest BCUT2D eigenvalue weighted by molar-refractivity contribution is 6.05. The molecule has 0 fully saturated rings. The number of esters is 1. The van der Waals surface area contributed by atoms with Crippen LogP contribution in [0.2, 0.25) is 0 Å². The summed E-state index contributed by atoms with van der Waals surface area (Å²) in [6.07, 6.45) is -3.34. The summed E-state index contributed by atoms with van der Waals surface area (Å²) < 4.78 is 50.8. The number of rotatable bonds is 7. The largest absolute Gasteiger partial charge is 0.489 e. The summed E-state index contributed by atoms with van der Waals surface area (Å²) in [5, 5.41) is 7.44. The third-order valence-corrected chi connectivity index (χ3v) is 4.13. The smallest absolute Gasteiger partial charge is 0.433 e. The van der Waals surface area contributed by atoms with E-state index in [0.717, 1.165) is 12.1 Å². The topological polar surface area (TPSA) is 95.3 Å². The van der Waals surface area contributed by atoms with Crippen molar-refractivity contribution in [3.8, 4) is 5.75 Å². The molecule has 1 N–H and O–H groups in total. The normalized spacial score (nSPS) is 11.6. The van der Waals surface area contributed by atoms with Crippen molar-refractivity contribution in [3.63, 3.8) is 0 Å². The van der Waals surface area contributed by atoms with E-state index in [-0.39, 0.29) is 30.7 Å². The van der Waals surface area contributed by atoms with Crippen molar-refractivity contribution in [1.29, 1.82) is 0 Å². The van der Waals surface area contributed by atoms with Crippen LogP contribution in [0.25, 0.3) is 10.9 Å². The fourth-order valence-corrected chi connectivity index (χ4v) is 2.88. The van der Waals surface area contributed by atoms with Crippen LogP contribution < -0.4 is 10.1 Å². The molecule has 0 aliphatic rings. The molecule has 0 atom stereocenters. The number of nitrogens with one attached hydrogen (secondary N) is 1. The molecule has 0 unspecified atom stereocenters. The van der Waals surface area contributed by atoms with E-state index in [1.807, 2.05) is 0 Å². The average Bonchev–Trinajstić information content (AvgIpc) is 3.08. The first-order chi connectivity index (χ1) is 15.1. The summed E-state index contributed by atoms with van der Waals surface area (Å²) in [5.41, 5.74) is -0.834. The fraction of sp³-hybridized carbons (Fsp3) is 0.333. The van der Waals surface area contributed by atoms with Crippen LogP contribution in [0.1, 0.15) is 37.0 Å². The summed E-state index contributed by atoms with van der Waals surface area (Å²) in [7, 11) is 0. The summed E-state index contributed by atoms with van der Waals surface area (Å²) in [4.78, 5) is 27.7. The van der Waals surface area contributed by atoms with Gasteiger partial charge >= 0.3 is 12.1 Å². The van der Waals surface area contributed by atoms with Crippen molar-refractivity contribution in [1.82, 2.24) is 14.8 Å². The zero-order chi connectivity index (χ0) is 23.5. The fourth-order valence-electron chi connectivity index (χ4n) is 2.88. The lowest BCUT2D eigenvalue weighted by Gasteiger charge is -2.15. The van der Waals surface area contributed by atoms with Crippen LogP contribution in [0.3, 0.4) is 0 Å². The Bertz CT molecular complexity index is 1140. The van der Waals surface area contributed by atoms with E-state index in [1.54, 1.807) is 39.1 Å². The van der Waals surface area contributed by atoms with Gasteiger partial charge in [0.1, 0.15) is 23.7 Å². The molecule has 0 aliphatic heterocycles. The van der Waals surface area contributed by atoms with Crippen LogP contribution in [0.15, 0.2) is 36.5 Å². The van der Waals surface area contributed by atoms with Crippen molar-refractivity contribution in [2.45, 2.75) is 39.6 Å². The molecule has 0 saturated carbocycles. The number of benzene rings is 1. The second-order valence-corrected chi connectivity index (χ2v) is 7.07. The third-order valence-electron chi connectivity index (χ3n) is 4.13. The Balaban J connectivity index is 1.93.